The van der Waals surface area contributed by atoms with Gasteiger partial charge in [-0.1, -0.05) is 48.9 Å². The van der Waals surface area contributed by atoms with Gasteiger partial charge in [-0.25, -0.2) is 4.98 Å². The summed E-state index contributed by atoms with van der Waals surface area (Å²) >= 11 is 6.44. The van der Waals surface area contributed by atoms with Crippen molar-refractivity contribution in [3.63, 3.8) is 0 Å². The lowest BCUT2D eigenvalue weighted by Crippen LogP contribution is -2.64. The van der Waals surface area contributed by atoms with Gasteiger partial charge in [0.1, 0.15) is 5.54 Å². The zero-order valence-corrected chi connectivity index (χ0v) is 19.8. The van der Waals surface area contributed by atoms with Crippen molar-refractivity contribution in [3.8, 4) is 0 Å². The monoisotopic (exact) mass is 464 g/mol. The Bertz CT molecular complexity index is 1210. The molecule has 2 aliphatic rings. The van der Waals surface area contributed by atoms with Gasteiger partial charge in [0.05, 0.1) is 17.6 Å². The first-order chi connectivity index (χ1) is 15.9. The van der Waals surface area contributed by atoms with Gasteiger partial charge in [0.25, 0.3) is 5.91 Å². The quantitative estimate of drug-likeness (QED) is 0.603. The number of nitrogens with zero attached hydrogens (tertiary/aromatic N) is 3. The maximum absolute atomic E-state index is 13.8. The van der Waals surface area contributed by atoms with Crippen LogP contribution in [0.4, 0.5) is 0 Å². The molecule has 0 saturated heterocycles. The fraction of sp³-hybridized carbons (Fsp3) is 0.423. The smallest absolute Gasteiger partial charge is 0.291 e. The molecule has 172 valence electrons. The Hall–Kier alpha value is -2.86. The number of fused-ring (bicyclic) bond motifs is 3. The maximum atomic E-state index is 13.8. The fourth-order valence-corrected chi connectivity index (χ4v) is 5.32. The second kappa shape index (κ2) is 8.49. The molecule has 0 bridgehead atoms. The molecule has 1 atom stereocenters. The topological polar surface area (TPSA) is 67.2 Å². The molecule has 1 saturated carbocycles. The Morgan fingerprint density at radius 3 is 2.58 bits per heavy atom. The zero-order chi connectivity index (χ0) is 23.2. The van der Waals surface area contributed by atoms with Crippen LogP contribution in [-0.4, -0.2) is 37.8 Å². The van der Waals surface area contributed by atoms with Crippen LogP contribution in [0, 0.1) is 5.92 Å². The first kappa shape index (κ1) is 22.0. The van der Waals surface area contributed by atoms with Crippen molar-refractivity contribution in [3.05, 3.63) is 64.9 Å². The van der Waals surface area contributed by atoms with E-state index in [-0.39, 0.29) is 24.4 Å². The average Bonchev–Trinajstić information content (AvgIpc) is 3.18. The first-order valence-electron chi connectivity index (χ1n) is 11.7. The number of imidazole rings is 1. The van der Waals surface area contributed by atoms with E-state index in [1.807, 2.05) is 54.0 Å². The summed E-state index contributed by atoms with van der Waals surface area (Å²) in [6.45, 7) is 4.71. The van der Waals surface area contributed by atoms with E-state index in [0.717, 1.165) is 42.3 Å². The molecule has 2 aromatic carbocycles. The molecule has 5 rings (SSSR count). The molecule has 0 unspecified atom stereocenters. The number of hydrogen-bond acceptors (Lipinski definition) is 3. The van der Waals surface area contributed by atoms with Gasteiger partial charge < -0.3 is 14.8 Å². The van der Waals surface area contributed by atoms with Crippen LogP contribution in [0.2, 0.25) is 5.02 Å². The molecule has 2 amide bonds. The molecule has 1 aromatic heterocycles. The van der Waals surface area contributed by atoms with Crippen molar-refractivity contribution < 1.29 is 9.59 Å². The van der Waals surface area contributed by atoms with Gasteiger partial charge in [0.15, 0.2) is 5.82 Å². The Morgan fingerprint density at radius 1 is 1.12 bits per heavy atom. The van der Waals surface area contributed by atoms with Gasteiger partial charge in [0, 0.05) is 17.6 Å². The van der Waals surface area contributed by atoms with Gasteiger partial charge in [-0.3, -0.25) is 9.59 Å². The molecular formula is C26H29ClN4O2. The van der Waals surface area contributed by atoms with Crippen LogP contribution in [0.1, 0.15) is 55.7 Å². The number of rotatable bonds is 4. The summed E-state index contributed by atoms with van der Waals surface area (Å²) in [6.07, 6.45) is 4.17. The van der Waals surface area contributed by atoms with Crippen LogP contribution >= 0.6 is 11.6 Å². The van der Waals surface area contributed by atoms with Gasteiger partial charge in [0.2, 0.25) is 5.91 Å². The number of carbonyl (C=O) groups excluding carboxylic acids is 2. The van der Waals surface area contributed by atoms with Crippen LogP contribution in [0.15, 0.2) is 48.5 Å². The largest absolute Gasteiger partial charge is 0.351 e. The van der Waals surface area contributed by atoms with Gasteiger partial charge in [-0.05, 0) is 62.3 Å². The lowest BCUT2D eigenvalue weighted by Gasteiger charge is -2.44. The third-order valence-electron chi connectivity index (χ3n) is 7.28. The van der Waals surface area contributed by atoms with Gasteiger partial charge in [-0.2, -0.15) is 0 Å². The highest BCUT2D eigenvalue weighted by Crippen LogP contribution is 2.33. The Labute approximate surface area is 198 Å². The molecule has 7 heteroatoms. The van der Waals surface area contributed by atoms with E-state index in [0.29, 0.717) is 23.3 Å². The summed E-state index contributed by atoms with van der Waals surface area (Å²) in [5, 5.41) is 3.85. The molecule has 2 heterocycles. The van der Waals surface area contributed by atoms with Crippen LogP contribution in [0.3, 0.4) is 0 Å². The molecule has 33 heavy (non-hydrogen) atoms. The minimum atomic E-state index is -1.07. The zero-order valence-electron chi connectivity index (χ0n) is 19.1. The normalized spacial score (nSPS) is 25.2. The molecule has 3 aromatic rings. The van der Waals surface area contributed by atoms with E-state index >= 15 is 0 Å². The third-order valence-corrected chi connectivity index (χ3v) is 7.65. The average molecular weight is 465 g/mol. The minimum Gasteiger partial charge on any atom is -0.351 e. The van der Waals surface area contributed by atoms with E-state index in [9.17, 15) is 9.59 Å². The van der Waals surface area contributed by atoms with Crippen molar-refractivity contribution in [2.75, 3.05) is 0 Å². The lowest BCUT2D eigenvalue weighted by molar-refractivity contribution is -0.134. The van der Waals surface area contributed by atoms with Crippen molar-refractivity contribution in [2.45, 2.75) is 64.2 Å². The Kier molecular flexibility index (Phi) is 5.65. The number of halogens is 1. The number of hydrogen-bond donors (Lipinski definition) is 1. The SMILES string of the molecule is CC1CCC(NC(=O)[C@]2(C)Cn3c(nc4ccccc43)C(=O)N2Cc2ccccc2Cl)CC1. The van der Waals surface area contributed by atoms with E-state index in [2.05, 4.69) is 17.2 Å². The fourth-order valence-electron chi connectivity index (χ4n) is 5.12. The highest BCUT2D eigenvalue weighted by atomic mass is 35.5. The predicted octanol–water partition coefficient (Wildman–Crippen LogP) is 4.80. The van der Waals surface area contributed by atoms with Crippen molar-refractivity contribution in [1.29, 1.82) is 0 Å². The molecule has 0 spiro atoms. The second-order valence-corrected chi connectivity index (χ2v) is 10.1. The number of nitrogens with one attached hydrogen (secondary N) is 1. The Morgan fingerprint density at radius 2 is 1.82 bits per heavy atom. The summed E-state index contributed by atoms with van der Waals surface area (Å²) in [5.41, 5.74) is 1.35. The molecule has 6 nitrogen and oxygen atoms in total. The minimum absolute atomic E-state index is 0.120. The van der Waals surface area contributed by atoms with Crippen LogP contribution in [-0.2, 0) is 17.9 Å². The Balaban J connectivity index is 1.54. The van der Waals surface area contributed by atoms with E-state index in [4.69, 9.17) is 11.6 Å². The number of para-hydroxylation sites is 2. The molecule has 1 aliphatic carbocycles. The summed E-state index contributed by atoms with van der Waals surface area (Å²) in [6, 6.07) is 15.3. The number of benzene rings is 2. The van der Waals surface area contributed by atoms with E-state index in [1.54, 1.807) is 11.0 Å². The van der Waals surface area contributed by atoms with Crippen LogP contribution in [0.25, 0.3) is 11.0 Å². The summed E-state index contributed by atoms with van der Waals surface area (Å²) in [4.78, 5) is 33.8. The number of carbonyl (C=O) groups is 2. The highest BCUT2D eigenvalue weighted by molar-refractivity contribution is 6.31. The van der Waals surface area contributed by atoms with Crippen molar-refractivity contribution in [1.82, 2.24) is 19.8 Å². The maximum Gasteiger partial charge on any atom is 0.291 e. The summed E-state index contributed by atoms with van der Waals surface area (Å²) in [7, 11) is 0. The lowest BCUT2D eigenvalue weighted by atomic mass is 9.86. The van der Waals surface area contributed by atoms with Crippen LogP contribution < -0.4 is 5.32 Å². The van der Waals surface area contributed by atoms with Crippen LogP contribution in [0.5, 0.6) is 0 Å². The molecule has 1 fully saturated rings. The summed E-state index contributed by atoms with van der Waals surface area (Å²) in [5.74, 6) is 0.680. The van der Waals surface area contributed by atoms with E-state index < -0.39 is 5.54 Å². The summed E-state index contributed by atoms with van der Waals surface area (Å²) < 4.78 is 1.89. The number of amides is 2. The van der Waals surface area contributed by atoms with Crippen molar-refractivity contribution in [2.24, 2.45) is 5.92 Å². The molecular weight excluding hydrogens is 436 g/mol. The molecule has 1 N–H and O–H groups in total. The number of aromatic nitrogens is 2. The molecule has 1 aliphatic heterocycles. The first-order valence-corrected chi connectivity index (χ1v) is 12.1. The molecule has 0 radical (unpaired) electrons. The van der Waals surface area contributed by atoms with Gasteiger partial charge >= 0.3 is 0 Å². The highest BCUT2D eigenvalue weighted by Gasteiger charge is 2.49. The standard InChI is InChI=1S/C26H29ClN4O2/c1-17-11-13-19(14-12-17)28-25(33)26(2)16-30-22-10-6-5-9-21(22)29-23(30)24(32)31(26)15-18-7-3-4-8-20(18)27/h3-10,17,19H,11-16H2,1-2H3,(H,28,33)/t17?,19?,26-/m0/s1. The third kappa shape index (κ3) is 3.90. The van der Waals surface area contributed by atoms with Gasteiger partial charge in [-0.15, -0.1) is 0 Å². The predicted molar refractivity (Wildman–Crippen MR) is 129 cm³/mol. The van der Waals surface area contributed by atoms with Crippen molar-refractivity contribution >= 4 is 34.4 Å². The second-order valence-electron chi connectivity index (χ2n) is 9.70. The van der Waals surface area contributed by atoms with E-state index in [1.165, 1.54) is 0 Å².